The van der Waals surface area contributed by atoms with Gasteiger partial charge in [0, 0.05) is 18.2 Å². The molecule has 0 aliphatic heterocycles. The molecule has 100 valence electrons. The van der Waals surface area contributed by atoms with E-state index >= 15 is 0 Å². The third kappa shape index (κ3) is 3.20. The highest BCUT2D eigenvalue weighted by Gasteiger charge is 2.06. The fourth-order valence-corrected chi connectivity index (χ4v) is 1.90. The quantitative estimate of drug-likeness (QED) is 0.881. The molecule has 0 bridgehead atoms. The maximum atomic E-state index is 11.3. The lowest BCUT2D eigenvalue weighted by Gasteiger charge is -2.12. The van der Waals surface area contributed by atoms with E-state index in [1.165, 1.54) is 6.07 Å². The standard InChI is InChI=1S/C14H17N3O2/c1-3-19-9(2)10-4-6-11(7-5-10)12-8-13(18)17-14(15)16-12/h4-9H,3H2,1-2H3,(H3,15,16,17,18). The first-order valence-electron chi connectivity index (χ1n) is 6.19. The van der Waals surface area contributed by atoms with Crippen molar-refractivity contribution in [2.24, 2.45) is 0 Å². The van der Waals surface area contributed by atoms with Crippen molar-refractivity contribution in [3.8, 4) is 11.3 Å². The number of anilines is 1. The predicted octanol–water partition coefficient (Wildman–Crippen LogP) is 2.12. The SMILES string of the molecule is CCOC(C)c1ccc(-c2cc(=O)[nH]c(N)n2)cc1. The fraction of sp³-hybridized carbons (Fsp3) is 0.286. The molecule has 0 saturated carbocycles. The fourth-order valence-electron chi connectivity index (χ4n) is 1.90. The summed E-state index contributed by atoms with van der Waals surface area (Å²) < 4.78 is 5.52. The summed E-state index contributed by atoms with van der Waals surface area (Å²) in [6, 6.07) is 9.18. The van der Waals surface area contributed by atoms with Gasteiger partial charge in [-0.05, 0) is 19.4 Å². The number of nitrogens with zero attached hydrogens (tertiary/aromatic N) is 1. The Balaban J connectivity index is 2.29. The molecule has 1 unspecified atom stereocenters. The summed E-state index contributed by atoms with van der Waals surface area (Å²) in [7, 11) is 0. The Bertz CT molecular complexity index is 605. The Kier molecular flexibility index (Phi) is 3.97. The van der Waals surface area contributed by atoms with Crippen LogP contribution in [0.3, 0.4) is 0 Å². The van der Waals surface area contributed by atoms with Crippen molar-refractivity contribution in [3.05, 3.63) is 46.2 Å². The molecule has 5 nitrogen and oxygen atoms in total. The number of aromatic nitrogens is 2. The third-order valence-electron chi connectivity index (χ3n) is 2.85. The van der Waals surface area contributed by atoms with Crippen molar-refractivity contribution in [3.63, 3.8) is 0 Å². The van der Waals surface area contributed by atoms with Crippen molar-refractivity contribution in [1.29, 1.82) is 0 Å². The molecular formula is C14H17N3O2. The Morgan fingerprint density at radius 3 is 2.63 bits per heavy atom. The zero-order valence-electron chi connectivity index (χ0n) is 11.0. The number of hydrogen-bond acceptors (Lipinski definition) is 4. The van der Waals surface area contributed by atoms with Gasteiger partial charge >= 0.3 is 0 Å². The zero-order chi connectivity index (χ0) is 13.8. The van der Waals surface area contributed by atoms with E-state index in [0.29, 0.717) is 12.3 Å². The molecule has 5 heteroatoms. The van der Waals surface area contributed by atoms with Gasteiger partial charge in [-0.25, -0.2) is 4.98 Å². The summed E-state index contributed by atoms with van der Waals surface area (Å²) in [5.74, 6) is 0.120. The monoisotopic (exact) mass is 259 g/mol. The van der Waals surface area contributed by atoms with Gasteiger partial charge in [0.15, 0.2) is 0 Å². The van der Waals surface area contributed by atoms with Crippen LogP contribution in [-0.4, -0.2) is 16.6 Å². The molecule has 0 amide bonds. The highest BCUT2D eigenvalue weighted by molar-refractivity contribution is 5.60. The van der Waals surface area contributed by atoms with E-state index < -0.39 is 0 Å². The highest BCUT2D eigenvalue weighted by atomic mass is 16.5. The molecule has 0 fully saturated rings. The molecule has 1 aromatic carbocycles. The van der Waals surface area contributed by atoms with Crippen molar-refractivity contribution in [2.45, 2.75) is 20.0 Å². The van der Waals surface area contributed by atoms with Gasteiger partial charge in [-0.3, -0.25) is 9.78 Å². The van der Waals surface area contributed by atoms with E-state index in [1.54, 1.807) is 0 Å². The van der Waals surface area contributed by atoms with Crippen molar-refractivity contribution < 1.29 is 4.74 Å². The Morgan fingerprint density at radius 1 is 1.37 bits per heavy atom. The van der Waals surface area contributed by atoms with Crippen LogP contribution in [0.25, 0.3) is 11.3 Å². The summed E-state index contributed by atoms with van der Waals surface area (Å²) in [6.45, 7) is 4.64. The molecule has 2 aromatic rings. The second-order valence-corrected chi connectivity index (χ2v) is 4.24. The van der Waals surface area contributed by atoms with Crippen LogP contribution in [0.5, 0.6) is 0 Å². The van der Waals surface area contributed by atoms with Crippen molar-refractivity contribution >= 4 is 5.95 Å². The topological polar surface area (TPSA) is 81.0 Å². The van der Waals surface area contributed by atoms with Crippen LogP contribution in [0.4, 0.5) is 5.95 Å². The molecule has 0 spiro atoms. The highest BCUT2D eigenvalue weighted by Crippen LogP contribution is 2.21. The van der Waals surface area contributed by atoms with E-state index in [9.17, 15) is 4.79 Å². The minimum Gasteiger partial charge on any atom is -0.374 e. The van der Waals surface area contributed by atoms with Gasteiger partial charge in [0.2, 0.25) is 5.95 Å². The van der Waals surface area contributed by atoms with E-state index in [-0.39, 0.29) is 17.6 Å². The first-order chi connectivity index (χ1) is 9.10. The van der Waals surface area contributed by atoms with Crippen LogP contribution in [0.15, 0.2) is 35.1 Å². The summed E-state index contributed by atoms with van der Waals surface area (Å²) in [5.41, 5.74) is 7.78. The van der Waals surface area contributed by atoms with Crippen LogP contribution in [0, 0.1) is 0 Å². The van der Waals surface area contributed by atoms with Crippen molar-refractivity contribution in [1.82, 2.24) is 9.97 Å². The number of nitrogens with two attached hydrogens (primary N) is 1. The molecule has 0 aliphatic carbocycles. The lowest BCUT2D eigenvalue weighted by atomic mass is 10.1. The molecule has 1 heterocycles. The van der Waals surface area contributed by atoms with Gasteiger partial charge in [-0.15, -0.1) is 0 Å². The molecule has 2 rings (SSSR count). The third-order valence-corrected chi connectivity index (χ3v) is 2.85. The number of rotatable bonds is 4. The van der Waals surface area contributed by atoms with E-state index in [4.69, 9.17) is 10.5 Å². The molecule has 0 radical (unpaired) electrons. The van der Waals surface area contributed by atoms with E-state index in [2.05, 4.69) is 9.97 Å². The molecule has 1 atom stereocenters. The average Bonchev–Trinajstić information content (AvgIpc) is 2.38. The lowest BCUT2D eigenvalue weighted by molar-refractivity contribution is 0.0764. The Labute approximate surface area is 111 Å². The lowest BCUT2D eigenvalue weighted by Crippen LogP contribution is -2.10. The van der Waals surface area contributed by atoms with Crippen LogP contribution >= 0.6 is 0 Å². The average molecular weight is 259 g/mol. The van der Waals surface area contributed by atoms with E-state index in [1.807, 2.05) is 38.1 Å². The smallest absolute Gasteiger partial charge is 0.252 e. The number of benzene rings is 1. The summed E-state index contributed by atoms with van der Waals surface area (Å²) in [4.78, 5) is 17.9. The number of ether oxygens (including phenoxy) is 1. The normalized spacial score (nSPS) is 12.3. The summed E-state index contributed by atoms with van der Waals surface area (Å²) >= 11 is 0. The second-order valence-electron chi connectivity index (χ2n) is 4.24. The molecule has 0 saturated heterocycles. The van der Waals surface area contributed by atoms with Gasteiger partial charge in [0.1, 0.15) is 0 Å². The first-order valence-corrected chi connectivity index (χ1v) is 6.19. The maximum absolute atomic E-state index is 11.3. The largest absolute Gasteiger partial charge is 0.374 e. The predicted molar refractivity (Wildman–Crippen MR) is 74.7 cm³/mol. The Hall–Kier alpha value is -2.14. The molecule has 3 N–H and O–H groups in total. The van der Waals surface area contributed by atoms with Crippen molar-refractivity contribution in [2.75, 3.05) is 12.3 Å². The van der Waals surface area contributed by atoms with Crippen LogP contribution in [0.2, 0.25) is 0 Å². The first kappa shape index (κ1) is 13.3. The maximum Gasteiger partial charge on any atom is 0.252 e. The molecular weight excluding hydrogens is 242 g/mol. The number of nitrogen functional groups attached to an aromatic ring is 1. The van der Waals surface area contributed by atoms with Gasteiger partial charge < -0.3 is 10.5 Å². The Morgan fingerprint density at radius 2 is 2.05 bits per heavy atom. The van der Waals surface area contributed by atoms with Crippen LogP contribution in [0.1, 0.15) is 25.5 Å². The summed E-state index contributed by atoms with van der Waals surface area (Å²) in [5, 5.41) is 0. The molecule has 1 aromatic heterocycles. The van der Waals surface area contributed by atoms with Gasteiger partial charge in [-0.2, -0.15) is 0 Å². The second kappa shape index (κ2) is 5.67. The van der Waals surface area contributed by atoms with Gasteiger partial charge in [0.05, 0.1) is 11.8 Å². The number of hydrogen-bond donors (Lipinski definition) is 2. The zero-order valence-corrected chi connectivity index (χ0v) is 11.0. The van der Waals surface area contributed by atoms with Crippen LogP contribution in [-0.2, 0) is 4.74 Å². The number of H-pyrrole nitrogens is 1. The van der Waals surface area contributed by atoms with Gasteiger partial charge in [0.25, 0.3) is 5.56 Å². The van der Waals surface area contributed by atoms with E-state index in [0.717, 1.165) is 11.1 Å². The minimum atomic E-state index is -0.255. The minimum absolute atomic E-state index is 0.0521. The van der Waals surface area contributed by atoms with Gasteiger partial charge in [-0.1, -0.05) is 24.3 Å². The van der Waals surface area contributed by atoms with Crippen LogP contribution < -0.4 is 11.3 Å². The molecule has 19 heavy (non-hydrogen) atoms. The number of nitrogens with one attached hydrogen (secondary N) is 1. The summed E-state index contributed by atoms with van der Waals surface area (Å²) in [6.07, 6.45) is 0.0521. The number of aromatic amines is 1. The molecule has 0 aliphatic rings.